The number of ether oxygens (including phenoxy) is 2. The number of alkyl carbamates (subject to hydrolysis) is 1. The van der Waals surface area contributed by atoms with E-state index in [1.807, 2.05) is 30.9 Å². The van der Waals surface area contributed by atoms with Crippen molar-refractivity contribution in [1.82, 2.24) is 20.0 Å². The van der Waals surface area contributed by atoms with E-state index < -0.39 is 42.2 Å². The van der Waals surface area contributed by atoms with E-state index in [1.165, 1.54) is 12.1 Å². The van der Waals surface area contributed by atoms with Crippen LogP contribution in [0.3, 0.4) is 0 Å². The Hall–Kier alpha value is -4.23. The normalized spacial score (nSPS) is 25.7. The van der Waals surface area contributed by atoms with Gasteiger partial charge in [-0.15, -0.1) is 0 Å². The fourth-order valence-corrected chi connectivity index (χ4v) is 5.91. The summed E-state index contributed by atoms with van der Waals surface area (Å²) in [6.07, 6.45) is 6.42. The Labute approximate surface area is 281 Å². The minimum atomic E-state index is -0.931. The van der Waals surface area contributed by atoms with Crippen molar-refractivity contribution in [3.8, 4) is 0 Å². The summed E-state index contributed by atoms with van der Waals surface area (Å²) in [5, 5.41) is 26.5. The number of rotatable bonds is 8. The Kier molecular flexibility index (Phi) is 13.2. The van der Waals surface area contributed by atoms with Crippen LogP contribution >= 0.6 is 0 Å². The van der Waals surface area contributed by atoms with Crippen LogP contribution < -0.4 is 10.2 Å². The second-order valence-corrected chi connectivity index (χ2v) is 12.9. The van der Waals surface area contributed by atoms with Crippen LogP contribution in [0.25, 0.3) is 6.08 Å². The molecular formula is C35H48FN5O7. The summed E-state index contributed by atoms with van der Waals surface area (Å²) in [4.78, 5) is 41.9. The zero-order chi connectivity index (χ0) is 34.8. The molecule has 0 radical (unpaired) electrons. The molecule has 3 N–H and O–H groups in total. The van der Waals surface area contributed by atoms with Crippen molar-refractivity contribution >= 4 is 29.7 Å². The van der Waals surface area contributed by atoms with Crippen LogP contribution in [0, 0.1) is 17.7 Å². The molecule has 2 amide bonds. The largest absolute Gasteiger partial charge is 0.457 e. The minimum Gasteiger partial charge on any atom is -0.457 e. The summed E-state index contributed by atoms with van der Waals surface area (Å²) in [6, 6.07) is 6.04. The predicted molar refractivity (Wildman–Crippen MR) is 178 cm³/mol. The monoisotopic (exact) mass is 669 g/mol. The minimum absolute atomic E-state index is 0.0222. The molecule has 1 aromatic carbocycles. The van der Waals surface area contributed by atoms with Crippen LogP contribution in [0.5, 0.6) is 0 Å². The van der Waals surface area contributed by atoms with Gasteiger partial charge in [-0.3, -0.25) is 14.3 Å². The molecule has 0 saturated carbocycles. The van der Waals surface area contributed by atoms with E-state index in [0.29, 0.717) is 55.8 Å². The van der Waals surface area contributed by atoms with Gasteiger partial charge in [0.15, 0.2) is 0 Å². The number of hydrogen-bond donors (Lipinski definition) is 3. The number of halogens is 1. The van der Waals surface area contributed by atoms with Crippen molar-refractivity contribution < 1.29 is 38.5 Å². The molecule has 3 heterocycles. The molecule has 0 aliphatic carbocycles. The number of carbonyl (C=O) groups excluding carboxylic acids is 3. The molecule has 0 spiro atoms. The van der Waals surface area contributed by atoms with Crippen LogP contribution in [0.2, 0.25) is 0 Å². The Morgan fingerprint density at radius 3 is 2.60 bits per heavy atom. The molecule has 12 nitrogen and oxygen atoms in total. The average Bonchev–Trinajstić information content (AvgIpc) is 3.56. The van der Waals surface area contributed by atoms with E-state index in [4.69, 9.17) is 9.47 Å². The van der Waals surface area contributed by atoms with Crippen molar-refractivity contribution in [3.63, 3.8) is 0 Å². The number of aromatic nitrogens is 2. The number of amides is 2. The molecule has 2 aliphatic heterocycles. The maximum absolute atomic E-state index is 14.9. The highest BCUT2D eigenvalue weighted by atomic mass is 19.1. The first-order chi connectivity index (χ1) is 22.9. The van der Waals surface area contributed by atoms with Crippen molar-refractivity contribution in [1.29, 1.82) is 0 Å². The quantitative estimate of drug-likeness (QED) is 0.284. The van der Waals surface area contributed by atoms with E-state index in [9.17, 15) is 29.0 Å². The highest BCUT2D eigenvalue weighted by Crippen LogP contribution is 2.27. The van der Waals surface area contributed by atoms with Gasteiger partial charge in [-0.2, -0.15) is 5.10 Å². The Morgan fingerprint density at radius 1 is 1.17 bits per heavy atom. The highest BCUT2D eigenvalue weighted by molar-refractivity contribution is 5.76. The molecule has 4 rings (SSSR count). The van der Waals surface area contributed by atoms with Crippen LogP contribution in [0.1, 0.15) is 52.5 Å². The van der Waals surface area contributed by atoms with Gasteiger partial charge in [0, 0.05) is 50.2 Å². The Bertz CT molecular complexity index is 1440. The zero-order valence-corrected chi connectivity index (χ0v) is 28.1. The SMILES string of the molecule is C/C(=C\c1cc(F)cc(N2CCN(C(=O)Cn3cccn3)CC2)c1)[C@@H]1OC(=O)C[C@@H](O)CC[C@H](C)[C@@H](OC(=O)N[C@@H](C)CO)/C=C/[C@H]1C. The number of anilines is 1. The van der Waals surface area contributed by atoms with Crippen molar-refractivity contribution in [2.75, 3.05) is 37.7 Å². The van der Waals surface area contributed by atoms with E-state index >= 15 is 0 Å². The molecule has 0 bridgehead atoms. The lowest BCUT2D eigenvalue weighted by Gasteiger charge is -2.36. The van der Waals surface area contributed by atoms with Crippen molar-refractivity contribution in [2.24, 2.45) is 11.8 Å². The van der Waals surface area contributed by atoms with Gasteiger partial charge in [-0.25, -0.2) is 9.18 Å². The van der Waals surface area contributed by atoms with E-state index in [-0.39, 0.29) is 37.3 Å². The van der Waals surface area contributed by atoms with E-state index in [1.54, 1.807) is 54.0 Å². The topological polar surface area (TPSA) is 146 Å². The summed E-state index contributed by atoms with van der Waals surface area (Å²) in [6.45, 7) is 9.26. The number of aliphatic hydroxyl groups is 2. The Balaban J connectivity index is 1.50. The third kappa shape index (κ3) is 10.6. The fourth-order valence-electron chi connectivity index (χ4n) is 5.91. The lowest BCUT2D eigenvalue weighted by molar-refractivity contribution is -0.151. The first-order valence-corrected chi connectivity index (χ1v) is 16.5. The molecule has 48 heavy (non-hydrogen) atoms. The second kappa shape index (κ2) is 17.3. The molecule has 2 aromatic rings. The maximum atomic E-state index is 14.9. The van der Waals surface area contributed by atoms with E-state index in [2.05, 4.69) is 10.4 Å². The number of aliphatic hydroxyl groups excluding tert-OH is 2. The second-order valence-electron chi connectivity index (χ2n) is 12.9. The average molecular weight is 670 g/mol. The standard InChI is InChI=1S/C35H48FN5O7/c1-23-6-8-30(43)20-33(45)48-34(24(2)7-9-31(23)47-35(46)38-26(4)22-42)25(3)16-27-17-28(36)19-29(18-27)39-12-14-40(15-13-39)32(44)21-41-11-5-10-37-41/h5,7,9-11,16-19,23-24,26,30-31,34,42-43H,6,8,12-15,20-22H2,1-4H3,(H,38,46)/b9-7+,25-16+/t23-,24+,26-,30-,31-,34+/m0/s1. The zero-order valence-electron chi connectivity index (χ0n) is 28.1. The van der Waals surface area contributed by atoms with Crippen LogP contribution in [0.15, 0.2) is 54.4 Å². The maximum Gasteiger partial charge on any atom is 0.408 e. The van der Waals surface area contributed by atoms with Crippen molar-refractivity contribution in [3.05, 3.63) is 65.8 Å². The first-order valence-electron chi connectivity index (χ1n) is 16.5. The third-order valence-electron chi connectivity index (χ3n) is 8.74. The molecule has 262 valence electrons. The molecular weight excluding hydrogens is 621 g/mol. The third-order valence-corrected chi connectivity index (χ3v) is 8.74. The summed E-state index contributed by atoms with van der Waals surface area (Å²) >= 11 is 0. The number of carbonyl (C=O) groups is 3. The summed E-state index contributed by atoms with van der Waals surface area (Å²) in [5.41, 5.74) is 1.93. The number of nitrogens with one attached hydrogen (secondary N) is 1. The van der Waals surface area contributed by atoms with Gasteiger partial charge in [0.05, 0.1) is 25.2 Å². The summed E-state index contributed by atoms with van der Waals surface area (Å²) in [7, 11) is 0. The molecule has 1 saturated heterocycles. The number of benzene rings is 1. The highest BCUT2D eigenvalue weighted by Gasteiger charge is 2.28. The van der Waals surface area contributed by atoms with Crippen LogP contribution in [0.4, 0.5) is 14.9 Å². The molecule has 2 aliphatic rings. The van der Waals surface area contributed by atoms with Gasteiger partial charge in [0.1, 0.15) is 24.6 Å². The van der Waals surface area contributed by atoms with Crippen LogP contribution in [-0.4, -0.2) is 100 Å². The molecule has 6 atom stereocenters. The molecule has 0 unspecified atom stereocenters. The predicted octanol–water partition coefficient (Wildman–Crippen LogP) is 3.53. The number of hydrogen-bond acceptors (Lipinski definition) is 9. The molecule has 13 heteroatoms. The summed E-state index contributed by atoms with van der Waals surface area (Å²) in [5.74, 6) is -1.51. The smallest absolute Gasteiger partial charge is 0.408 e. The molecule has 1 aromatic heterocycles. The van der Waals surface area contributed by atoms with Gasteiger partial charge in [-0.05, 0) is 74.1 Å². The molecule has 1 fully saturated rings. The lowest BCUT2D eigenvalue weighted by atomic mass is 9.91. The Morgan fingerprint density at radius 2 is 1.92 bits per heavy atom. The number of esters is 1. The van der Waals surface area contributed by atoms with Gasteiger partial charge in [0.2, 0.25) is 5.91 Å². The number of cyclic esters (lactones) is 1. The van der Waals surface area contributed by atoms with Crippen LogP contribution in [-0.2, 0) is 25.6 Å². The first kappa shape index (κ1) is 36.6. The van der Waals surface area contributed by atoms with Gasteiger partial charge < -0.3 is 34.8 Å². The van der Waals surface area contributed by atoms with E-state index in [0.717, 1.165) is 0 Å². The van der Waals surface area contributed by atoms with Gasteiger partial charge >= 0.3 is 12.1 Å². The fraction of sp³-hybridized carbons (Fsp3) is 0.543. The van der Waals surface area contributed by atoms with Gasteiger partial charge in [-0.1, -0.05) is 26.0 Å². The van der Waals surface area contributed by atoms with Crippen molar-refractivity contribution in [2.45, 2.75) is 77.9 Å². The number of nitrogens with zero attached hydrogens (tertiary/aromatic N) is 4. The lowest BCUT2D eigenvalue weighted by Crippen LogP contribution is -2.49. The van der Waals surface area contributed by atoms with Gasteiger partial charge in [0.25, 0.3) is 0 Å². The number of piperazine rings is 1. The summed E-state index contributed by atoms with van der Waals surface area (Å²) < 4.78 is 28.1.